The molecule has 0 unspecified atom stereocenters. The molecule has 152 valence electrons. The number of hydrogen-bond donors (Lipinski definition) is 2. The molecule has 0 radical (unpaired) electrons. The van der Waals surface area contributed by atoms with Crippen LogP contribution in [0, 0.1) is 33.5 Å². The van der Waals surface area contributed by atoms with E-state index in [1.807, 2.05) is 0 Å². The van der Waals surface area contributed by atoms with Gasteiger partial charge in [0, 0.05) is 11.8 Å². The third-order valence-electron chi connectivity index (χ3n) is 10.1. The highest BCUT2D eigenvalue weighted by molar-refractivity contribution is 5.80. The van der Waals surface area contributed by atoms with Gasteiger partial charge in [0.05, 0.1) is 12.2 Å². The summed E-state index contributed by atoms with van der Waals surface area (Å²) in [6.45, 7) is 13.1. The van der Waals surface area contributed by atoms with Crippen LogP contribution in [0.1, 0.15) is 86.5 Å². The topological polar surface area (TPSA) is 57.5 Å². The van der Waals surface area contributed by atoms with Crippen molar-refractivity contribution in [3.05, 3.63) is 11.1 Å². The molecule has 0 aromatic heterocycles. The summed E-state index contributed by atoms with van der Waals surface area (Å²) in [6, 6.07) is 0. The summed E-state index contributed by atoms with van der Waals surface area (Å²) in [5.74, 6) is 0.599. The van der Waals surface area contributed by atoms with Crippen molar-refractivity contribution < 1.29 is 15.0 Å². The van der Waals surface area contributed by atoms with Crippen molar-refractivity contribution >= 4 is 5.78 Å². The zero-order chi connectivity index (χ0) is 20.0. The fraction of sp³-hybridized carbons (Fsp3) is 0.875. The lowest BCUT2D eigenvalue weighted by atomic mass is 9.43. The van der Waals surface area contributed by atoms with E-state index in [0.717, 1.165) is 44.9 Å². The zero-order valence-electron chi connectivity index (χ0n) is 18.1. The average molecular weight is 375 g/mol. The van der Waals surface area contributed by atoms with Crippen molar-refractivity contribution in [1.29, 1.82) is 0 Å². The Hall–Kier alpha value is -0.670. The molecule has 0 saturated heterocycles. The first-order valence-electron chi connectivity index (χ1n) is 11.0. The fourth-order valence-corrected chi connectivity index (χ4v) is 8.45. The van der Waals surface area contributed by atoms with Crippen LogP contribution in [0.2, 0.25) is 0 Å². The van der Waals surface area contributed by atoms with Crippen molar-refractivity contribution in [2.45, 2.75) is 98.7 Å². The highest BCUT2D eigenvalue weighted by Gasteiger charge is 2.65. The van der Waals surface area contributed by atoms with Crippen molar-refractivity contribution in [1.82, 2.24) is 0 Å². The van der Waals surface area contributed by atoms with Gasteiger partial charge in [-0.3, -0.25) is 4.79 Å². The third-order valence-corrected chi connectivity index (χ3v) is 10.1. The second kappa shape index (κ2) is 5.69. The maximum absolute atomic E-state index is 12.4. The van der Waals surface area contributed by atoms with Gasteiger partial charge < -0.3 is 10.2 Å². The van der Waals surface area contributed by atoms with E-state index in [4.69, 9.17) is 0 Å². The molecule has 4 rings (SSSR count). The Labute approximate surface area is 164 Å². The first kappa shape index (κ1) is 19.6. The number of rotatable bonds is 1. The van der Waals surface area contributed by atoms with Gasteiger partial charge in [0.15, 0.2) is 0 Å². The molecular formula is C24H38O3. The van der Waals surface area contributed by atoms with E-state index in [1.165, 1.54) is 5.57 Å². The van der Waals surface area contributed by atoms with Gasteiger partial charge in [-0.2, -0.15) is 0 Å². The van der Waals surface area contributed by atoms with Crippen LogP contribution >= 0.6 is 0 Å². The van der Waals surface area contributed by atoms with Crippen LogP contribution in [0.15, 0.2) is 11.1 Å². The predicted octanol–water partition coefficient (Wildman–Crippen LogP) is 4.66. The van der Waals surface area contributed by atoms with Gasteiger partial charge in [0.1, 0.15) is 5.78 Å². The van der Waals surface area contributed by atoms with Gasteiger partial charge >= 0.3 is 0 Å². The Balaban J connectivity index is 1.85. The van der Waals surface area contributed by atoms with Crippen LogP contribution in [0.3, 0.4) is 0 Å². The number of aliphatic hydroxyl groups excluding tert-OH is 2. The van der Waals surface area contributed by atoms with Gasteiger partial charge in [-0.25, -0.2) is 0 Å². The summed E-state index contributed by atoms with van der Waals surface area (Å²) in [5.41, 5.74) is 2.77. The monoisotopic (exact) mass is 374 g/mol. The molecule has 0 spiro atoms. The molecule has 0 heterocycles. The molecule has 4 aliphatic rings. The van der Waals surface area contributed by atoms with Gasteiger partial charge in [0.2, 0.25) is 0 Å². The number of carbonyl (C=O) groups excluding carboxylic acids is 1. The fourth-order valence-electron chi connectivity index (χ4n) is 8.45. The van der Waals surface area contributed by atoms with Crippen LogP contribution in [-0.2, 0) is 4.79 Å². The predicted molar refractivity (Wildman–Crippen MR) is 107 cm³/mol. The standard InChI is InChI=1S/C24H38O3/c1-14(25)15-7-11-24(6)17-13-18(26)20-21(2,3)19(27)9-10-22(20,4)16(17)8-12-23(15,24)5/h15,18-20,26-27H,7-13H2,1-6H3/t15-,18-,19+,20+,22-,23-,24+/m1/s1. The van der Waals surface area contributed by atoms with Crippen LogP contribution in [0.25, 0.3) is 0 Å². The largest absolute Gasteiger partial charge is 0.393 e. The van der Waals surface area contributed by atoms with E-state index in [2.05, 4.69) is 34.6 Å². The van der Waals surface area contributed by atoms with E-state index >= 15 is 0 Å². The van der Waals surface area contributed by atoms with Gasteiger partial charge in [-0.05, 0) is 73.5 Å². The minimum Gasteiger partial charge on any atom is -0.393 e. The highest BCUT2D eigenvalue weighted by Crippen LogP contribution is 2.71. The van der Waals surface area contributed by atoms with Crippen molar-refractivity contribution in [3.63, 3.8) is 0 Å². The van der Waals surface area contributed by atoms with Crippen molar-refractivity contribution in [3.8, 4) is 0 Å². The smallest absolute Gasteiger partial charge is 0.133 e. The Bertz CT molecular complexity index is 706. The number of fused-ring (bicyclic) bond motifs is 4. The molecule has 2 N–H and O–H groups in total. The molecule has 0 aromatic rings. The molecule has 4 aliphatic carbocycles. The maximum Gasteiger partial charge on any atom is 0.133 e. The van der Waals surface area contributed by atoms with Crippen molar-refractivity contribution in [2.75, 3.05) is 0 Å². The lowest BCUT2D eigenvalue weighted by molar-refractivity contribution is -0.142. The second-order valence-corrected chi connectivity index (χ2v) is 11.5. The molecule has 2 fully saturated rings. The first-order valence-corrected chi connectivity index (χ1v) is 11.0. The molecule has 7 atom stereocenters. The summed E-state index contributed by atoms with van der Waals surface area (Å²) in [5, 5.41) is 22.0. The van der Waals surface area contributed by atoms with E-state index < -0.39 is 6.10 Å². The molecular weight excluding hydrogens is 336 g/mol. The number of aliphatic hydroxyl groups is 2. The van der Waals surface area contributed by atoms with E-state index in [1.54, 1.807) is 12.5 Å². The zero-order valence-corrected chi connectivity index (χ0v) is 18.1. The maximum atomic E-state index is 12.4. The quantitative estimate of drug-likeness (QED) is 0.657. The molecule has 0 aromatic carbocycles. The Morgan fingerprint density at radius 3 is 2.26 bits per heavy atom. The number of Topliss-reactive ketones (excluding diaryl/α,β-unsaturated/α-hetero) is 1. The second-order valence-electron chi connectivity index (χ2n) is 11.5. The minimum atomic E-state index is -0.408. The van der Waals surface area contributed by atoms with Crippen LogP contribution in [0.4, 0.5) is 0 Å². The lowest BCUT2D eigenvalue weighted by Gasteiger charge is -2.63. The van der Waals surface area contributed by atoms with E-state index in [0.29, 0.717) is 5.78 Å². The molecule has 0 bridgehead atoms. The van der Waals surface area contributed by atoms with Gasteiger partial charge in [-0.1, -0.05) is 45.8 Å². The summed E-state index contributed by atoms with van der Waals surface area (Å²) in [4.78, 5) is 12.4. The number of allylic oxidation sites excluding steroid dienone is 1. The normalized spacial score (nSPS) is 51.4. The number of hydrogen-bond acceptors (Lipinski definition) is 3. The van der Waals surface area contributed by atoms with E-state index in [9.17, 15) is 15.0 Å². The molecule has 0 amide bonds. The lowest BCUT2D eigenvalue weighted by Crippen LogP contribution is -2.59. The summed E-state index contributed by atoms with van der Waals surface area (Å²) < 4.78 is 0. The Morgan fingerprint density at radius 2 is 1.63 bits per heavy atom. The van der Waals surface area contributed by atoms with E-state index in [-0.39, 0.29) is 39.6 Å². The summed E-state index contributed by atoms with van der Waals surface area (Å²) in [6.07, 6.45) is 5.92. The van der Waals surface area contributed by atoms with Crippen LogP contribution in [-0.4, -0.2) is 28.2 Å². The Kier molecular flexibility index (Phi) is 4.14. The minimum absolute atomic E-state index is 0.0181. The number of ketones is 1. The molecule has 3 nitrogen and oxygen atoms in total. The number of carbonyl (C=O) groups is 1. The average Bonchev–Trinajstić information content (AvgIpc) is 2.84. The molecule has 27 heavy (non-hydrogen) atoms. The van der Waals surface area contributed by atoms with Gasteiger partial charge in [-0.15, -0.1) is 0 Å². The SMILES string of the molecule is CC(=O)[C@H]1CC[C@@]2(C)C3=C(CC[C@]12C)[C@@]1(C)CC[C@H](O)C(C)(C)[C@@H]1[C@H](O)C3. The highest BCUT2D eigenvalue weighted by atomic mass is 16.3. The summed E-state index contributed by atoms with van der Waals surface area (Å²) in [7, 11) is 0. The Morgan fingerprint density at radius 1 is 0.963 bits per heavy atom. The van der Waals surface area contributed by atoms with Crippen LogP contribution < -0.4 is 0 Å². The molecule has 0 aliphatic heterocycles. The third kappa shape index (κ3) is 2.25. The van der Waals surface area contributed by atoms with Crippen molar-refractivity contribution in [2.24, 2.45) is 33.5 Å². The van der Waals surface area contributed by atoms with Crippen LogP contribution in [0.5, 0.6) is 0 Å². The first-order chi connectivity index (χ1) is 12.4. The molecule has 3 heteroatoms. The molecule has 2 saturated carbocycles. The van der Waals surface area contributed by atoms with Gasteiger partial charge in [0.25, 0.3) is 0 Å². The summed E-state index contributed by atoms with van der Waals surface area (Å²) >= 11 is 0.